The van der Waals surface area contributed by atoms with Gasteiger partial charge in [-0.1, -0.05) is 47.3 Å². The molecule has 1 saturated carbocycles. The lowest BCUT2D eigenvalue weighted by Crippen LogP contribution is -2.48. The predicted octanol–water partition coefficient (Wildman–Crippen LogP) is 2.64. The fourth-order valence-corrected chi connectivity index (χ4v) is 2.97. The van der Waals surface area contributed by atoms with E-state index in [9.17, 15) is 4.79 Å². The van der Waals surface area contributed by atoms with Crippen molar-refractivity contribution < 1.29 is 4.79 Å². The Kier molecular flexibility index (Phi) is 3.84. The van der Waals surface area contributed by atoms with E-state index in [4.69, 9.17) is 5.84 Å². The van der Waals surface area contributed by atoms with E-state index in [1.165, 1.54) is 6.42 Å². The van der Waals surface area contributed by atoms with Crippen molar-refractivity contribution in [2.45, 2.75) is 37.5 Å². The molecule has 0 radical (unpaired) electrons. The third-order valence-electron chi connectivity index (χ3n) is 3.67. The van der Waals surface area contributed by atoms with Crippen molar-refractivity contribution in [2.24, 2.45) is 5.84 Å². The minimum absolute atomic E-state index is 0.0560. The molecule has 2 rings (SSSR count). The van der Waals surface area contributed by atoms with E-state index in [1.54, 1.807) is 0 Å². The fraction of sp³-hybridized carbons (Fsp3) is 0.462. The van der Waals surface area contributed by atoms with Crippen molar-refractivity contribution in [3.05, 3.63) is 34.3 Å². The molecule has 1 fully saturated rings. The van der Waals surface area contributed by atoms with E-state index in [0.717, 1.165) is 35.7 Å². The summed E-state index contributed by atoms with van der Waals surface area (Å²) >= 11 is 3.42. The van der Waals surface area contributed by atoms with Crippen LogP contribution in [0.5, 0.6) is 0 Å². The Morgan fingerprint density at radius 1 is 1.18 bits per heavy atom. The molecule has 3 nitrogen and oxygen atoms in total. The van der Waals surface area contributed by atoms with Crippen molar-refractivity contribution in [1.29, 1.82) is 0 Å². The van der Waals surface area contributed by atoms with Crippen molar-refractivity contribution in [1.82, 2.24) is 5.43 Å². The molecular formula is C13H17BrN2O. The van der Waals surface area contributed by atoms with E-state index < -0.39 is 5.41 Å². The molecule has 0 heterocycles. The van der Waals surface area contributed by atoms with Crippen LogP contribution in [0.25, 0.3) is 0 Å². The molecule has 0 aliphatic heterocycles. The van der Waals surface area contributed by atoms with Gasteiger partial charge in [0.2, 0.25) is 5.91 Å². The minimum Gasteiger partial charge on any atom is -0.293 e. The van der Waals surface area contributed by atoms with Gasteiger partial charge in [0.1, 0.15) is 0 Å². The van der Waals surface area contributed by atoms with E-state index in [1.807, 2.05) is 24.3 Å². The number of carbonyl (C=O) groups excluding carboxylic acids is 1. The highest BCUT2D eigenvalue weighted by Gasteiger charge is 2.40. The molecule has 4 heteroatoms. The van der Waals surface area contributed by atoms with Gasteiger partial charge in [-0.3, -0.25) is 10.2 Å². The van der Waals surface area contributed by atoms with Crippen LogP contribution in [-0.2, 0) is 10.2 Å². The van der Waals surface area contributed by atoms with Gasteiger partial charge in [0.05, 0.1) is 5.41 Å². The first-order valence-corrected chi connectivity index (χ1v) is 6.75. The maximum Gasteiger partial charge on any atom is 0.244 e. The molecule has 17 heavy (non-hydrogen) atoms. The molecular weight excluding hydrogens is 280 g/mol. The first-order chi connectivity index (χ1) is 8.19. The van der Waals surface area contributed by atoms with Crippen LogP contribution in [0.2, 0.25) is 0 Å². The standard InChI is InChI=1S/C13H17BrN2O/c14-11-6-4-10(5-7-11)13(12(17)16-15)8-2-1-3-9-13/h4-7H,1-3,8-9,15H2,(H,16,17). The zero-order chi connectivity index (χ0) is 12.3. The van der Waals surface area contributed by atoms with Crippen LogP contribution in [-0.4, -0.2) is 5.91 Å². The quantitative estimate of drug-likeness (QED) is 0.501. The van der Waals surface area contributed by atoms with Gasteiger partial charge in [-0.2, -0.15) is 0 Å². The van der Waals surface area contributed by atoms with Crippen LogP contribution in [0.1, 0.15) is 37.7 Å². The normalized spacial score (nSPS) is 18.7. The number of benzene rings is 1. The molecule has 1 aliphatic carbocycles. The van der Waals surface area contributed by atoms with Gasteiger partial charge in [-0.15, -0.1) is 0 Å². The molecule has 0 bridgehead atoms. The van der Waals surface area contributed by atoms with Gasteiger partial charge in [0.15, 0.2) is 0 Å². The smallest absolute Gasteiger partial charge is 0.244 e. The monoisotopic (exact) mass is 296 g/mol. The molecule has 0 aromatic heterocycles. The van der Waals surface area contributed by atoms with Crippen LogP contribution in [0.15, 0.2) is 28.7 Å². The zero-order valence-corrected chi connectivity index (χ0v) is 11.3. The predicted molar refractivity (Wildman–Crippen MR) is 71.2 cm³/mol. The highest BCUT2D eigenvalue weighted by atomic mass is 79.9. The maximum absolute atomic E-state index is 12.1. The molecule has 0 spiro atoms. The summed E-state index contributed by atoms with van der Waals surface area (Å²) < 4.78 is 1.03. The highest BCUT2D eigenvalue weighted by Crippen LogP contribution is 2.39. The SMILES string of the molecule is NNC(=O)C1(c2ccc(Br)cc2)CCCCC1. The molecule has 92 valence electrons. The van der Waals surface area contributed by atoms with Gasteiger partial charge in [0, 0.05) is 4.47 Å². The van der Waals surface area contributed by atoms with Crippen molar-refractivity contribution in [3.63, 3.8) is 0 Å². The summed E-state index contributed by atoms with van der Waals surface area (Å²) in [5, 5.41) is 0. The summed E-state index contributed by atoms with van der Waals surface area (Å²) in [6, 6.07) is 8.00. The molecule has 1 amide bonds. The Morgan fingerprint density at radius 2 is 1.76 bits per heavy atom. The largest absolute Gasteiger partial charge is 0.293 e. The van der Waals surface area contributed by atoms with E-state index in [-0.39, 0.29) is 5.91 Å². The van der Waals surface area contributed by atoms with Crippen LogP contribution >= 0.6 is 15.9 Å². The number of hydrazine groups is 1. The number of carbonyl (C=O) groups is 1. The van der Waals surface area contributed by atoms with Gasteiger partial charge < -0.3 is 0 Å². The highest BCUT2D eigenvalue weighted by molar-refractivity contribution is 9.10. The summed E-state index contributed by atoms with van der Waals surface area (Å²) in [7, 11) is 0. The second-order valence-corrected chi connectivity index (χ2v) is 5.54. The van der Waals surface area contributed by atoms with E-state index >= 15 is 0 Å². The Morgan fingerprint density at radius 3 is 2.29 bits per heavy atom. The van der Waals surface area contributed by atoms with Gasteiger partial charge in [0.25, 0.3) is 0 Å². The molecule has 1 aliphatic rings. The lowest BCUT2D eigenvalue weighted by Gasteiger charge is -2.35. The molecule has 0 unspecified atom stereocenters. The summed E-state index contributed by atoms with van der Waals surface area (Å²) in [5.74, 6) is 5.29. The number of amides is 1. The number of rotatable bonds is 2. The Balaban J connectivity index is 2.38. The average molecular weight is 297 g/mol. The van der Waals surface area contributed by atoms with Crippen molar-refractivity contribution in [2.75, 3.05) is 0 Å². The summed E-state index contributed by atoms with van der Waals surface area (Å²) in [6.07, 6.45) is 5.15. The number of hydrogen-bond acceptors (Lipinski definition) is 2. The fourth-order valence-electron chi connectivity index (χ4n) is 2.71. The summed E-state index contributed by atoms with van der Waals surface area (Å²) in [4.78, 5) is 12.1. The zero-order valence-electron chi connectivity index (χ0n) is 9.71. The Bertz CT molecular complexity index is 396. The summed E-state index contributed by atoms with van der Waals surface area (Å²) in [6.45, 7) is 0. The van der Waals surface area contributed by atoms with Crippen LogP contribution in [0, 0.1) is 0 Å². The van der Waals surface area contributed by atoms with Crippen LogP contribution in [0.3, 0.4) is 0 Å². The number of halogens is 1. The number of hydrogen-bond donors (Lipinski definition) is 2. The third-order valence-corrected chi connectivity index (χ3v) is 4.20. The van der Waals surface area contributed by atoms with Crippen LogP contribution < -0.4 is 11.3 Å². The van der Waals surface area contributed by atoms with Gasteiger partial charge in [-0.25, -0.2) is 5.84 Å². The average Bonchev–Trinajstić information content (AvgIpc) is 2.39. The van der Waals surface area contributed by atoms with E-state index in [2.05, 4.69) is 21.4 Å². The minimum atomic E-state index is -0.423. The first kappa shape index (κ1) is 12.6. The lowest BCUT2D eigenvalue weighted by molar-refractivity contribution is -0.128. The van der Waals surface area contributed by atoms with Crippen molar-refractivity contribution in [3.8, 4) is 0 Å². The number of nitrogens with two attached hydrogens (primary N) is 1. The Hall–Kier alpha value is -0.870. The lowest BCUT2D eigenvalue weighted by atomic mass is 9.69. The number of nitrogens with one attached hydrogen (secondary N) is 1. The molecule has 0 saturated heterocycles. The third kappa shape index (κ3) is 2.38. The second-order valence-electron chi connectivity index (χ2n) is 4.62. The Labute approximate surface area is 110 Å². The molecule has 1 aromatic rings. The first-order valence-electron chi connectivity index (χ1n) is 5.96. The topological polar surface area (TPSA) is 55.1 Å². The van der Waals surface area contributed by atoms with Gasteiger partial charge >= 0.3 is 0 Å². The van der Waals surface area contributed by atoms with Gasteiger partial charge in [-0.05, 0) is 30.5 Å². The second kappa shape index (κ2) is 5.19. The maximum atomic E-state index is 12.1. The van der Waals surface area contributed by atoms with Crippen LogP contribution in [0.4, 0.5) is 0 Å². The molecule has 0 atom stereocenters. The van der Waals surface area contributed by atoms with Crippen molar-refractivity contribution >= 4 is 21.8 Å². The molecule has 3 N–H and O–H groups in total. The van der Waals surface area contributed by atoms with E-state index in [0.29, 0.717) is 0 Å². The summed E-state index contributed by atoms with van der Waals surface area (Å²) in [5.41, 5.74) is 2.99. The molecule has 1 aromatic carbocycles.